The first kappa shape index (κ1) is 22.9. The Hall–Kier alpha value is -3.82. The van der Waals surface area contributed by atoms with Crippen LogP contribution < -0.4 is 21.2 Å². The number of ether oxygens (including phenoxy) is 1. The largest absolute Gasteiger partial charge is 0.379 e. The topological polar surface area (TPSA) is 106 Å². The minimum Gasteiger partial charge on any atom is -0.379 e. The molecule has 0 bridgehead atoms. The van der Waals surface area contributed by atoms with E-state index in [0.29, 0.717) is 55.3 Å². The zero-order valence-electron chi connectivity index (χ0n) is 19.7. The number of nitrogens with zero attached hydrogens (tertiary/aromatic N) is 4. The van der Waals surface area contributed by atoms with Crippen LogP contribution in [0.3, 0.4) is 0 Å². The van der Waals surface area contributed by atoms with Gasteiger partial charge in [-0.2, -0.15) is 0 Å². The summed E-state index contributed by atoms with van der Waals surface area (Å²) in [6.07, 6.45) is 1.68. The Bertz CT molecular complexity index is 1440. The molecule has 9 heteroatoms. The van der Waals surface area contributed by atoms with E-state index < -0.39 is 0 Å². The molecule has 1 aromatic carbocycles. The Balaban J connectivity index is 1.54. The zero-order valence-corrected chi connectivity index (χ0v) is 19.7. The first-order valence-corrected chi connectivity index (χ1v) is 11.8. The van der Waals surface area contributed by atoms with Gasteiger partial charge in [-0.3, -0.25) is 18.9 Å². The zero-order chi connectivity index (χ0) is 24.4. The van der Waals surface area contributed by atoms with Crippen LogP contribution in [0.2, 0.25) is 0 Å². The quantitative estimate of drug-likeness (QED) is 0.323. The Morgan fingerprint density at radius 2 is 1.94 bits per heavy atom. The van der Waals surface area contributed by atoms with Crippen LogP contribution in [0.15, 0.2) is 59.5 Å². The molecule has 4 aromatic rings. The van der Waals surface area contributed by atoms with E-state index in [1.165, 1.54) is 4.40 Å². The fourth-order valence-electron chi connectivity index (χ4n) is 4.36. The summed E-state index contributed by atoms with van der Waals surface area (Å²) < 4.78 is 8.72. The second-order valence-corrected chi connectivity index (χ2v) is 8.80. The fraction of sp³-hybridized carbons (Fsp3) is 0.308. The highest BCUT2D eigenvalue weighted by molar-refractivity contribution is 6.00. The number of hydrogen-bond donors (Lipinski definition) is 2. The number of fused-ring (bicyclic) bond motifs is 2. The molecule has 180 valence electrons. The Labute approximate surface area is 202 Å². The van der Waals surface area contributed by atoms with Crippen molar-refractivity contribution in [2.24, 2.45) is 0 Å². The van der Waals surface area contributed by atoms with Crippen LogP contribution in [0, 0.1) is 6.92 Å². The molecule has 9 nitrogen and oxygen atoms in total. The van der Waals surface area contributed by atoms with Crippen LogP contribution >= 0.6 is 0 Å². The number of aromatic nitrogens is 3. The molecular formula is C26H29N6O3+. The van der Waals surface area contributed by atoms with Crippen LogP contribution in [0.25, 0.3) is 16.7 Å². The maximum Gasteiger partial charge on any atom is 0.278 e. The van der Waals surface area contributed by atoms with E-state index in [-0.39, 0.29) is 17.0 Å². The average Bonchev–Trinajstić information content (AvgIpc) is 2.88. The molecule has 0 saturated carbocycles. The van der Waals surface area contributed by atoms with Crippen LogP contribution in [0.5, 0.6) is 0 Å². The summed E-state index contributed by atoms with van der Waals surface area (Å²) in [7, 11) is 0. The number of pyridine rings is 2. The lowest BCUT2D eigenvalue weighted by atomic mass is 10.1. The number of rotatable bonds is 6. The second-order valence-electron chi connectivity index (χ2n) is 8.80. The number of nitrogen functional groups attached to an aromatic ring is 1. The lowest BCUT2D eigenvalue weighted by Crippen LogP contribution is -2.48. The molecule has 1 fully saturated rings. The molecule has 3 aromatic heterocycles. The van der Waals surface area contributed by atoms with E-state index in [9.17, 15) is 9.59 Å². The number of nitrogens with one attached hydrogen (secondary N) is 1. The van der Waals surface area contributed by atoms with Crippen LogP contribution in [-0.4, -0.2) is 53.0 Å². The number of aryl methyl sites for hydroxylation is 1. The lowest BCUT2D eigenvalue weighted by molar-refractivity contribution is -0.658. The van der Waals surface area contributed by atoms with E-state index in [1.807, 2.05) is 37.3 Å². The molecule has 3 N–H and O–H groups in total. The van der Waals surface area contributed by atoms with Crippen LogP contribution in [0.1, 0.15) is 21.5 Å². The van der Waals surface area contributed by atoms with Crippen molar-refractivity contribution < 1.29 is 14.1 Å². The van der Waals surface area contributed by atoms with Gasteiger partial charge < -0.3 is 15.8 Å². The predicted molar refractivity (Wildman–Crippen MR) is 133 cm³/mol. The van der Waals surface area contributed by atoms with Crippen molar-refractivity contribution in [1.82, 2.24) is 19.6 Å². The van der Waals surface area contributed by atoms with E-state index in [0.717, 1.165) is 24.2 Å². The van der Waals surface area contributed by atoms with Crippen LogP contribution in [0.4, 0.5) is 5.82 Å². The summed E-state index contributed by atoms with van der Waals surface area (Å²) in [5, 5.41) is 3.29. The fourth-order valence-corrected chi connectivity index (χ4v) is 4.36. The van der Waals surface area contributed by atoms with Gasteiger partial charge in [0.25, 0.3) is 17.1 Å². The van der Waals surface area contributed by atoms with Crippen molar-refractivity contribution in [1.29, 1.82) is 0 Å². The Morgan fingerprint density at radius 1 is 1.17 bits per heavy atom. The maximum atomic E-state index is 13.4. The maximum absolute atomic E-state index is 13.4. The SMILES string of the molecule is Cc1ccc(CNC(=O)c2cc3c(=O)n4ccccc4nc3[n+](CCN3CCOCC3)c2N)cc1. The first-order valence-electron chi connectivity index (χ1n) is 11.8. The van der Waals surface area contributed by atoms with Gasteiger partial charge in [0.1, 0.15) is 10.9 Å². The van der Waals surface area contributed by atoms with Gasteiger partial charge in [-0.05, 0) is 30.7 Å². The molecule has 0 radical (unpaired) electrons. The molecule has 1 aliphatic rings. The molecule has 1 saturated heterocycles. The predicted octanol–water partition coefficient (Wildman–Crippen LogP) is 1.29. The van der Waals surface area contributed by atoms with Crippen molar-refractivity contribution in [2.75, 3.05) is 38.6 Å². The molecule has 1 aliphatic heterocycles. The summed E-state index contributed by atoms with van der Waals surface area (Å²) in [6, 6.07) is 14.9. The van der Waals surface area contributed by atoms with Crippen LogP contribution in [-0.2, 0) is 17.8 Å². The monoisotopic (exact) mass is 473 g/mol. The smallest absolute Gasteiger partial charge is 0.278 e. The Morgan fingerprint density at radius 3 is 2.71 bits per heavy atom. The van der Waals surface area contributed by atoms with Gasteiger partial charge in [-0.1, -0.05) is 40.9 Å². The highest BCUT2D eigenvalue weighted by Crippen LogP contribution is 2.15. The van der Waals surface area contributed by atoms with Gasteiger partial charge in [0, 0.05) is 32.4 Å². The minimum absolute atomic E-state index is 0.238. The highest BCUT2D eigenvalue weighted by atomic mass is 16.5. The summed E-state index contributed by atoms with van der Waals surface area (Å²) in [4.78, 5) is 33.6. The molecule has 35 heavy (non-hydrogen) atoms. The standard InChI is InChI=1S/C26H28N6O3/c1-18-5-7-19(8-6-18)17-28-25(33)20-16-21-24(29-22-4-2-3-9-31(22)26(21)34)32(23(20)27)11-10-30-12-14-35-15-13-30/h2-9,16,27H,10-15,17H2,1H3,(H,28,33)/p+1. The van der Waals surface area contributed by atoms with E-state index >= 15 is 0 Å². The van der Waals surface area contributed by atoms with Gasteiger partial charge in [-0.15, -0.1) is 0 Å². The minimum atomic E-state index is -0.331. The van der Waals surface area contributed by atoms with Gasteiger partial charge in [0.2, 0.25) is 11.5 Å². The van der Waals surface area contributed by atoms with Crippen molar-refractivity contribution in [3.63, 3.8) is 0 Å². The number of benzene rings is 1. The third-order valence-electron chi connectivity index (χ3n) is 6.42. The normalized spacial score (nSPS) is 14.4. The third kappa shape index (κ3) is 4.73. The van der Waals surface area contributed by atoms with E-state index in [4.69, 9.17) is 15.5 Å². The molecular weight excluding hydrogens is 444 g/mol. The van der Waals surface area contributed by atoms with Crippen molar-refractivity contribution in [3.8, 4) is 0 Å². The average molecular weight is 474 g/mol. The lowest BCUT2D eigenvalue weighted by Gasteiger charge is -2.26. The molecule has 5 rings (SSSR count). The third-order valence-corrected chi connectivity index (χ3v) is 6.42. The van der Waals surface area contributed by atoms with Crippen molar-refractivity contribution >= 4 is 28.4 Å². The highest BCUT2D eigenvalue weighted by Gasteiger charge is 2.25. The van der Waals surface area contributed by atoms with Crippen molar-refractivity contribution in [3.05, 3.63) is 81.8 Å². The van der Waals surface area contributed by atoms with E-state index in [2.05, 4.69) is 10.2 Å². The van der Waals surface area contributed by atoms with E-state index in [1.54, 1.807) is 29.0 Å². The number of carbonyl (C=O) groups excluding carboxylic acids is 1. The molecule has 4 heterocycles. The molecule has 0 unspecified atom stereocenters. The second kappa shape index (κ2) is 9.81. The number of carbonyl (C=O) groups is 1. The van der Waals surface area contributed by atoms with Gasteiger partial charge >= 0.3 is 0 Å². The number of morpholine rings is 1. The molecule has 0 aliphatic carbocycles. The molecule has 0 atom stereocenters. The summed E-state index contributed by atoms with van der Waals surface area (Å²) in [6.45, 7) is 6.61. The summed E-state index contributed by atoms with van der Waals surface area (Å²) in [5.41, 5.74) is 9.73. The number of anilines is 1. The Kier molecular flexibility index (Phi) is 6.43. The molecule has 0 spiro atoms. The van der Waals surface area contributed by atoms with Crippen molar-refractivity contribution in [2.45, 2.75) is 20.0 Å². The van der Waals surface area contributed by atoms with Gasteiger partial charge in [0.15, 0.2) is 0 Å². The molecule has 1 amide bonds. The summed E-state index contributed by atoms with van der Waals surface area (Å²) in [5.74, 6) is -0.0398. The number of amides is 1. The van der Waals surface area contributed by atoms with Gasteiger partial charge in [0.05, 0.1) is 19.8 Å². The first-order chi connectivity index (χ1) is 17.0. The van der Waals surface area contributed by atoms with Gasteiger partial charge in [-0.25, -0.2) is 4.57 Å². The summed E-state index contributed by atoms with van der Waals surface area (Å²) >= 11 is 0. The number of nitrogens with two attached hydrogens (primary N) is 1. The number of hydrogen-bond acceptors (Lipinski definition) is 6.